The van der Waals surface area contributed by atoms with Crippen molar-refractivity contribution in [1.82, 2.24) is 0 Å². The molecule has 92 heavy (non-hydrogen) atoms. The Morgan fingerprint density at radius 3 is 0.880 bits per heavy atom. The molecule has 0 bridgehead atoms. The van der Waals surface area contributed by atoms with Crippen LogP contribution in [0.25, 0.3) is 0 Å². The largest absolute Gasteiger partial charge is 0.472 e. The van der Waals surface area contributed by atoms with Crippen LogP contribution < -0.4 is 0 Å². The zero-order valence-corrected chi connectivity index (χ0v) is 61.3. The maximum atomic E-state index is 13.0. The highest BCUT2D eigenvalue weighted by atomic mass is 31.2. The number of allylic oxidation sites excluding steroid dienone is 4. The SMILES string of the molecule is CCCCCC/C=C\C=C/CCCCCCCC(=O)O[C@H](COC(=O)CCCCCCCCCCCCCCCCCCC(C)C)COP(=O)(O)OC[C@@H](O)COP(=O)(O)OC[C@@H](COC(=O)CCCCCCCCC(C)C)OC(=O)CCCCCCCCC(C)C. The molecule has 0 aromatic rings. The van der Waals surface area contributed by atoms with Gasteiger partial charge >= 0.3 is 39.5 Å². The summed E-state index contributed by atoms with van der Waals surface area (Å²) >= 11 is 0. The van der Waals surface area contributed by atoms with Crippen LogP contribution in [0.5, 0.6) is 0 Å². The Bertz CT molecular complexity index is 1890. The molecule has 0 aliphatic heterocycles. The summed E-state index contributed by atoms with van der Waals surface area (Å²) < 4.78 is 68.2. The van der Waals surface area contributed by atoms with Gasteiger partial charge in [-0.15, -0.1) is 0 Å². The molecule has 19 heteroatoms. The molecule has 0 rings (SSSR count). The highest BCUT2D eigenvalue weighted by molar-refractivity contribution is 7.47. The fourth-order valence-electron chi connectivity index (χ4n) is 10.5. The number of rotatable bonds is 69. The van der Waals surface area contributed by atoms with Crippen LogP contribution in [-0.4, -0.2) is 96.7 Å². The molecule has 0 saturated heterocycles. The number of aliphatic hydroxyl groups is 1. The molecule has 0 radical (unpaired) electrons. The van der Waals surface area contributed by atoms with Crippen molar-refractivity contribution in [3.63, 3.8) is 0 Å². The number of carbonyl (C=O) groups is 4. The van der Waals surface area contributed by atoms with E-state index in [1.54, 1.807) is 0 Å². The smallest absolute Gasteiger partial charge is 0.462 e. The molecular weight excluding hydrogens is 1210 g/mol. The van der Waals surface area contributed by atoms with Crippen LogP contribution in [0.15, 0.2) is 24.3 Å². The lowest BCUT2D eigenvalue weighted by molar-refractivity contribution is -0.161. The van der Waals surface area contributed by atoms with Crippen molar-refractivity contribution in [3.05, 3.63) is 24.3 Å². The summed E-state index contributed by atoms with van der Waals surface area (Å²) in [5.41, 5.74) is 0. The van der Waals surface area contributed by atoms with Gasteiger partial charge in [-0.05, 0) is 69.1 Å². The third kappa shape index (κ3) is 66.2. The molecule has 0 aromatic carbocycles. The lowest BCUT2D eigenvalue weighted by atomic mass is 10.0. The number of phosphoric ester groups is 2. The minimum atomic E-state index is -4.96. The molecule has 3 N–H and O–H groups in total. The van der Waals surface area contributed by atoms with Crippen molar-refractivity contribution in [2.75, 3.05) is 39.6 Å². The predicted molar refractivity (Wildman–Crippen MR) is 372 cm³/mol. The first kappa shape index (κ1) is 89.5. The van der Waals surface area contributed by atoms with Gasteiger partial charge in [-0.2, -0.15) is 0 Å². The van der Waals surface area contributed by atoms with Crippen LogP contribution in [-0.2, 0) is 65.4 Å². The van der Waals surface area contributed by atoms with Gasteiger partial charge in [0, 0.05) is 25.7 Å². The Hall–Kier alpha value is -2.46. The monoisotopic (exact) mass is 1350 g/mol. The van der Waals surface area contributed by atoms with E-state index < -0.39 is 97.5 Å². The lowest BCUT2D eigenvalue weighted by Gasteiger charge is -2.21. The third-order valence-electron chi connectivity index (χ3n) is 16.3. The zero-order chi connectivity index (χ0) is 68.0. The summed E-state index contributed by atoms with van der Waals surface area (Å²) in [4.78, 5) is 72.5. The molecule has 17 nitrogen and oxygen atoms in total. The summed E-state index contributed by atoms with van der Waals surface area (Å²) in [5, 5.41) is 10.6. The minimum absolute atomic E-state index is 0.0847. The second kappa shape index (κ2) is 63.3. The highest BCUT2D eigenvalue weighted by Gasteiger charge is 2.30. The summed E-state index contributed by atoms with van der Waals surface area (Å²) in [7, 11) is -9.92. The van der Waals surface area contributed by atoms with Crippen molar-refractivity contribution in [1.29, 1.82) is 0 Å². The number of aliphatic hydroxyl groups excluding tert-OH is 1. The van der Waals surface area contributed by atoms with Crippen molar-refractivity contribution in [2.45, 2.75) is 362 Å². The van der Waals surface area contributed by atoms with Gasteiger partial charge in [-0.25, -0.2) is 9.13 Å². The summed E-state index contributed by atoms with van der Waals surface area (Å²) in [6.45, 7) is 11.6. The number of hydrogen-bond donors (Lipinski definition) is 3. The van der Waals surface area contributed by atoms with Crippen LogP contribution in [0.2, 0.25) is 0 Å². The van der Waals surface area contributed by atoms with E-state index in [1.165, 1.54) is 135 Å². The molecule has 2 unspecified atom stereocenters. The molecule has 542 valence electrons. The van der Waals surface area contributed by atoms with Gasteiger partial charge in [0.15, 0.2) is 12.2 Å². The quantitative estimate of drug-likeness (QED) is 0.0169. The van der Waals surface area contributed by atoms with Gasteiger partial charge in [0.2, 0.25) is 0 Å². The normalized spacial score (nSPS) is 14.3. The van der Waals surface area contributed by atoms with Gasteiger partial charge < -0.3 is 33.8 Å². The molecule has 0 fully saturated rings. The van der Waals surface area contributed by atoms with E-state index in [2.05, 4.69) is 72.8 Å². The van der Waals surface area contributed by atoms with E-state index in [9.17, 15) is 43.2 Å². The van der Waals surface area contributed by atoms with Crippen LogP contribution in [0.4, 0.5) is 0 Å². The Labute approximate surface area is 561 Å². The van der Waals surface area contributed by atoms with Crippen molar-refractivity contribution < 1.29 is 80.2 Å². The van der Waals surface area contributed by atoms with E-state index in [-0.39, 0.29) is 25.7 Å². The zero-order valence-electron chi connectivity index (χ0n) is 59.5. The Kier molecular flexibility index (Phi) is 61.6. The van der Waals surface area contributed by atoms with Crippen LogP contribution >= 0.6 is 15.6 Å². The Morgan fingerprint density at radius 2 is 0.587 bits per heavy atom. The average Bonchev–Trinajstić information content (AvgIpc) is 3.65. The van der Waals surface area contributed by atoms with Gasteiger partial charge in [-0.3, -0.25) is 37.3 Å². The van der Waals surface area contributed by atoms with E-state index in [4.69, 9.17) is 37.0 Å². The molecule has 5 atom stereocenters. The van der Waals surface area contributed by atoms with E-state index in [1.807, 2.05) is 0 Å². The van der Waals surface area contributed by atoms with Gasteiger partial charge in [0.05, 0.1) is 26.4 Å². The van der Waals surface area contributed by atoms with Gasteiger partial charge in [-0.1, -0.05) is 291 Å². The van der Waals surface area contributed by atoms with Crippen molar-refractivity contribution in [3.8, 4) is 0 Å². The molecular formula is C73H138O17P2. The minimum Gasteiger partial charge on any atom is -0.462 e. The molecule has 0 heterocycles. The number of carbonyl (C=O) groups excluding carboxylic acids is 4. The molecule has 0 aromatic heterocycles. The second-order valence-electron chi connectivity index (χ2n) is 27.1. The summed E-state index contributed by atoms with van der Waals surface area (Å²) in [5.74, 6) is -0.00410. The number of hydrogen-bond acceptors (Lipinski definition) is 15. The predicted octanol–water partition coefficient (Wildman–Crippen LogP) is 20.6. The lowest BCUT2D eigenvalue weighted by Crippen LogP contribution is -2.30. The van der Waals surface area contributed by atoms with E-state index in [0.29, 0.717) is 37.5 Å². The molecule has 0 amide bonds. The van der Waals surface area contributed by atoms with E-state index >= 15 is 0 Å². The van der Waals surface area contributed by atoms with Crippen LogP contribution in [0.3, 0.4) is 0 Å². The summed E-state index contributed by atoms with van der Waals surface area (Å²) in [6, 6.07) is 0. The Morgan fingerprint density at radius 1 is 0.337 bits per heavy atom. The first-order valence-corrected chi connectivity index (χ1v) is 40.2. The van der Waals surface area contributed by atoms with Crippen LogP contribution in [0, 0.1) is 17.8 Å². The molecule has 0 spiro atoms. The van der Waals surface area contributed by atoms with E-state index in [0.717, 1.165) is 115 Å². The maximum Gasteiger partial charge on any atom is 0.472 e. The topological polar surface area (TPSA) is 237 Å². The number of esters is 4. The fraction of sp³-hybridized carbons (Fsp3) is 0.890. The van der Waals surface area contributed by atoms with Gasteiger partial charge in [0.25, 0.3) is 0 Å². The van der Waals surface area contributed by atoms with Crippen molar-refractivity contribution >= 4 is 39.5 Å². The Balaban J connectivity index is 5.22. The standard InChI is InChI=1S/C73H138O17P2/c1-8-9-10-11-12-13-14-15-18-23-26-29-32-42-49-56-72(77)89-68(60-83-70(75)54-47-40-31-28-25-22-20-17-16-19-21-24-27-30-37-44-51-64(2)3)62-87-91(79,80)85-58-67(74)59-86-92(81,82)88-63-69(90-73(78)57-50-43-36-34-39-46-53-66(6)7)61-84-71(76)55-48-41-35-33-38-45-52-65(4)5/h13-15,18,64-69,74H,8-12,16-17,19-63H2,1-7H3,(H,79,80)(H,81,82)/b14-13-,18-15-/t67-,68-,69-/m1/s1. The second-order valence-corrected chi connectivity index (χ2v) is 30.0. The third-order valence-corrected chi connectivity index (χ3v) is 18.2. The number of phosphoric acid groups is 2. The van der Waals surface area contributed by atoms with Crippen molar-refractivity contribution in [2.24, 2.45) is 17.8 Å². The fourth-order valence-corrected chi connectivity index (χ4v) is 12.1. The van der Waals surface area contributed by atoms with Gasteiger partial charge in [0.1, 0.15) is 19.3 Å². The molecule has 0 aliphatic carbocycles. The van der Waals surface area contributed by atoms with Crippen LogP contribution in [0.1, 0.15) is 344 Å². The molecule has 0 saturated carbocycles. The average molecular weight is 1350 g/mol. The maximum absolute atomic E-state index is 13.0. The highest BCUT2D eigenvalue weighted by Crippen LogP contribution is 2.45. The first-order chi connectivity index (χ1) is 44.2. The summed E-state index contributed by atoms with van der Waals surface area (Å²) in [6.07, 6.45) is 51.2. The molecule has 0 aliphatic rings. The number of ether oxygens (including phenoxy) is 4. The first-order valence-electron chi connectivity index (χ1n) is 37.2. The number of unbranched alkanes of at least 4 members (excludes halogenated alkanes) is 34.